The van der Waals surface area contributed by atoms with Crippen LogP contribution in [-0.2, 0) is 13.1 Å². The number of fused-ring (bicyclic) bond motifs is 1. The van der Waals surface area contributed by atoms with Gasteiger partial charge < -0.3 is 14.5 Å². The number of amides is 1. The molecule has 3 aromatic rings. The number of aryl methyl sites for hydroxylation is 1. The van der Waals surface area contributed by atoms with Crippen LogP contribution in [0.25, 0.3) is 10.9 Å². The van der Waals surface area contributed by atoms with Gasteiger partial charge in [0.25, 0.3) is 5.91 Å². The molecule has 0 unspecified atom stereocenters. The highest BCUT2D eigenvalue weighted by atomic mass is 16.1. The van der Waals surface area contributed by atoms with E-state index in [1.165, 1.54) is 0 Å². The van der Waals surface area contributed by atoms with Crippen molar-refractivity contribution in [2.75, 3.05) is 6.54 Å². The predicted molar refractivity (Wildman–Crippen MR) is 91.3 cm³/mol. The molecule has 1 amide bonds. The molecule has 0 fully saturated rings. The third-order valence-electron chi connectivity index (χ3n) is 4.07. The minimum absolute atomic E-state index is 0.00844. The lowest BCUT2D eigenvalue weighted by molar-refractivity contribution is 0.0948. The molecular formula is C18H22N4O. The molecule has 5 nitrogen and oxygen atoms in total. The Kier molecular flexibility index (Phi) is 4.46. The minimum atomic E-state index is -0.00844. The number of hydrogen-bond donors (Lipinski definition) is 1. The Morgan fingerprint density at radius 1 is 1.35 bits per heavy atom. The van der Waals surface area contributed by atoms with Crippen LogP contribution < -0.4 is 5.32 Å². The fourth-order valence-electron chi connectivity index (χ4n) is 2.87. The van der Waals surface area contributed by atoms with Crippen molar-refractivity contribution in [1.82, 2.24) is 19.4 Å². The van der Waals surface area contributed by atoms with E-state index in [2.05, 4.69) is 34.8 Å². The van der Waals surface area contributed by atoms with Crippen molar-refractivity contribution < 1.29 is 4.79 Å². The number of para-hydroxylation sites is 1. The van der Waals surface area contributed by atoms with Crippen LogP contribution in [0.2, 0.25) is 0 Å². The molecule has 3 rings (SSSR count). The number of rotatable bonds is 6. The van der Waals surface area contributed by atoms with Gasteiger partial charge in [0.05, 0.1) is 11.9 Å². The predicted octanol–water partition coefficient (Wildman–Crippen LogP) is 2.92. The number of aromatic nitrogens is 3. The van der Waals surface area contributed by atoms with Gasteiger partial charge in [-0.15, -0.1) is 0 Å². The topological polar surface area (TPSA) is 51.9 Å². The first-order chi connectivity index (χ1) is 11.2. The van der Waals surface area contributed by atoms with Crippen molar-refractivity contribution in [3.63, 3.8) is 0 Å². The van der Waals surface area contributed by atoms with Gasteiger partial charge in [0, 0.05) is 49.1 Å². The van der Waals surface area contributed by atoms with Gasteiger partial charge in [0.2, 0.25) is 0 Å². The minimum Gasteiger partial charge on any atom is -0.352 e. The number of imidazole rings is 1. The molecule has 0 aliphatic rings. The summed E-state index contributed by atoms with van der Waals surface area (Å²) in [6.07, 6.45) is 7.45. The first kappa shape index (κ1) is 15.3. The Hall–Kier alpha value is -2.56. The summed E-state index contributed by atoms with van der Waals surface area (Å²) >= 11 is 0. The van der Waals surface area contributed by atoms with Crippen LogP contribution in [0, 0.1) is 5.92 Å². The molecule has 23 heavy (non-hydrogen) atoms. The molecule has 1 N–H and O–H groups in total. The molecule has 120 valence electrons. The maximum Gasteiger partial charge on any atom is 0.253 e. The highest BCUT2D eigenvalue weighted by Crippen LogP contribution is 2.21. The molecular weight excluding hydrogens is 288 g/mol. The quantitative estimate of drug-likeness (QED) is 0.761. The maximum atomic E-state index is 12.6. The third-order valence-corrected chi connectivity index (χ3v) is 4.07. The zero-order valence-electron chi connectivity index (χ0n) is 13.6. The third kappa shape index (κ3) is 3.28. The van der Waals surface area contributed by atoms with E-state index in [-0.39, 0.29) is 5.91 Å². The molecule has 0 bridgehead atoms. The van der Waals surface area contributed by atoms with E-state index in [0.29, 0.717) is 12.5 Å². The van der Waals surface area contributed by atoms with E-state index in [4.69, 9.17) is 0 Å². The summed E-state index contributed by atoms with van der Waals surface area (Å²) in [5.74, 6) is 0.332. The number of hydrogen-bond acceptors (Lipinski definition) is 2. The molecule has 0 saturated heterocycles. The van der Waals surface area contributed by atoms with E-state index >= 15 is 0 Å². The molecule has 0 radical (unpaired) electrons. The number of nitrogens with one attached hydrogen (secondary N) is 1. The molecule has 0 aliphatic heterocycles. The van der Waals surface area contributed by atoms with E-state index < -0.39 is 0 Å². The van der Waals surface area contributed by atoms with E-state index in [1.807, 2.05) is 35.2 Å². The van der Waals surface area contributed by atoms with Crippen LogP contribution in [0.4, 0.5) is 0 Å². The van der Waals surface area contributed by atoms with Crippen molar-refractivity contribution in [2.24, 2.45) is 5.92 Å². The first-order valence-corrected chi connectivity index (χ1v) is 8.01. The van der Waals surface area contributed by atoms with Crippen molar-refractivity contribution in [3.8, 4) is 0 Å². The lowest BCUT2D eigenvalue weighted by Gasteiger charge is -2.13. The summed E-state index contributed by atoms with van der Waals surface area (Å²) in [5, 5.41) is 4.06. The van der Waals surface area contributed by atoms with Crippen LogP contribution in [-0.4, -0.2) is 26.6 Å². The van der Waals surface area contributed by atoms with Gasteiger partial charge in [-0.2, -0.15) is 0 Å². The van der Waals surface area contributed by atoms with Crippen LogP contribution in [0.3, 0.4) is 0 Å². The second-order valence-corrected chi connectivity index (χ2v) is 5.92. The van der Waals surface area contributed by atoms with Gasteiger partial charge in [0.1, 0.15) is 0 Å². The highest BCUT2D eigenvalue weighted by Gasteiger charge is 2.15. The normalized spacial score (nSPS) is 12.4. The summed E-state index contributed by atoms with van der Waals surface area (Å²) in [5.41, 5.74) is 1.85. The summed E-state index contributed by atoms with van der Waals surface area (Å²) in [4.78, 5) is 16.6. The Balaban J connectivity index is 1.69. The first-order valence-electron chi connectivity index (χ1n) is 8.01. The summed E-state index contributed by atoms with van der Waals surface area (Å²) < 4.78 is 4.14. The summed E-state index contributed by atoms with van der Waals surface area (Å²) in [6.45, 7) is 6.54. The van der Waals surface area contributed by atoms with Crippen LogP contribution in [0.15, 0.2) is 49.2 Å². The zero-order valence-corrected chi connectivity index (χ0v) is 13.6. The van der Waals surface area contributed by atoms with Gasteiger partial charge >= 0.3 is 0 Å². The maximum absolute atomic E-state index is 12.6. The molecule has 0 saturated carbocycles. The molecule has 1 aromatic carbocycles. The zero-order chi connectivity index (χ0) is 16.2. The highest BCUT2D eigenvalue weighted by molar-refractivity contribution is 6.07. The van der Waals surface area contributed by atoms with Crippen LogP contribution in [0.1, 0.15) is 24.2 Å². The fourth-order valence-corrected chi connectivity index (χ4v) is 2.87. The largest absolute Gasteiger partial charge is 0.352 e. The Bertz CT molecular complexity index is 789. The van der Waals surface area contributed by atoms with E-state index in [9.17, 15) is 4.79 Å². The second-order valence-electron chi connectivity index (χ2n) is 5.92. The monoisotopic (exact) mass is 310 g/mol. The van der Waals surface area contributed by atoms with Crippen molar-refractivity contribution >= 4 is 16.8 Å². The average molecular weight is 310 g/mol. The number of benzene rings is 1. The number of carbonyl (C=O) groups is 1. The van der Waals surface area contributed by atoms with Gasteiger partial charge in [-0.3, -0.25) is 4.79 Å². The van der Waals surface area contributed by atoms with Crippen LogP contribution >= 0.6 is 0 Å². The average Bonchev–Trinajstić information content (AvgIpc) is 3.20. The fraction of sp³-hybridized carbons (Fsp3) is 0.333. The lowest BCUT2D eigenvalue weighted by atomic mass is 10.1. The van der Waals surface area contributed by atoms with Crippen molar-refractivity contribution in [2.45, 2.75) is 26.9 Å². The van der Waals surface area contributed by atoms with Crippen molar-refractivity contribution in [1.29, 1.82) is 0 Å². The van der Waals surface area contributed by atoms with E-state index in [0.717, 1.165) is 29.6 Å². The SMILES string of the molecule is CCn1cc(C(=O)NC[C@@H](C)Cn2ccnc2)c2ccccc21. The Morgan fingerprint density at radius 2 is 2.17 bits per heavy atom. The second kappa shape index (κ2) is 6.69. The smallest absolute Gasteiger partial charge is 0.253 e. The molecule has 1 atom stereocenters. The van der Waals surface area contributed by atoms with Gasteiger partial charge in [-0.1, -0.05) is 25.1 Å². The lowest BCUT2D eigenvalue weighted by Crippen LogP contribution is -2.29. The Morgan fingerprint density at radius 3 is 2.91 bits per heavy atom. The van der Waals surface area contributed by atoms with Gasteiger partial charge in [-0.25, -0.2) is 4.98 Å². The standard InChI is InChI=1S/C18H22N4O/c1-3-22-12-16(15-6-4-5-7-17(15)22)18(23)20-10-14(2)11-21-9-8-19-13-21/h4-9,12-14H,3,10-11H2,1-2H3,(H,20,23)/t14-/m1/s1. The molecule has 0 spiro atoms. The molecule has 5 heteroatoms. The van der Waals surface area contributed by atoms with E-state index in [1.54, 1.807) is 12.5 Å². The molecule has 2 aromatic heterocycles. The van der Waals surface area contributed by atoms with Gasteiger partial charge in [0.15, 0.2) is 0 Å². The summed E-state index contributed by atoms with van der Waals surface area (Å²) in [7, 11) is 0. The Labute approximate surface area is 135 Å². The summed E-state index contributed by atoms with van der Waals surface area (Å²) in [6, 6.07) is 8.03. The van der Waals surface area contributed by atoms with Crippen molar-refractivity contribution in [3.05, 3.63) is 54.7 Å². The number of carbonyl (C=O) groups excluding carboxylic acids is 1. The van der Waals surface area contributed by atoms with Gasteiger partial charge in [-0.05, 0) is 18.9 Å². The van der Waals surface area contributed by atoms with Crippen LogP contribution in [0.5, 0.6) is 0 Å². The number of nitrogens with zero attached hydrogens (tertiary/aromatic N) is 3. The molecule has 2 heterocycles. The molecule has 0 aliphatic carbocycles.